The van der Waals surface area contributed by atoms with Crippen LogP contribution in [0.1, 0.15) is 51.5 Å². The van der Waals surface area contributed by atoms with Crippen LogP contribution in [0.4, 0.5) is 13.2 Å². The summed E-state index contributed by atoms with van der Waals surface area (Å²) in [6, 6.07) is 2.40. The van der Waals surface area contributed by atoms with E-state index >= 15 is 0 Å². The summed E-state index contributed by atoms with van der Waals surface area (Å²) in [4.78, 5) is 10.4. The van der Waals surface area contributed by atoms with Gasteiger partial charge in [0.1, 0.15) is 11.7 Å². The molecule has 1 saturated heterocycles. The predicted molar refractivity (Wildman–Crippen MR) is 125 cm³/mol. The van der Waals surface area contributed by atoms with Crippen molar-refractivity contribution in [3.8, 4) is 12.1 Å². The quantitative estimate of drug-likeness (QED) is 0.203. The third-order valence-electron chi connectivity index (χ3n) is 9.17. The van der Waals surface area contributed by atoms with Crippen molar-refractivity contribution in [2.45, 2.75) is 58.2 Å². The number of alkyl halides is 3. The summed E-state index contributed by atoms with van der Waals surface area (Å²) in [5.41, 5.74) is 4.63. The van der Waals surface area contributed by atoms with Crippen LogP contribution in [0, 0.1) is 46.0 Å². The normalized spacial score (nSPS) is 36.3. The lowest BCUT2D eigenvalue weighted by Crippen LogP contribution is -2.62. The number of aromatic nitrogens is 1. The summed E-state index contributed by atoms with van der Waals surface area (Å²) < 4.78 is 44.4. The Morgan fingerprint density at radius 2 is 1.97 bits per heavy atom. The molecule has 0 amide bonds. The second-order valence-corrected chi connectivity index (χ2v) is 11.5. The van der Waals surface area contributed by atoms with Crippen molar-refractivity contribution in [1.29, 1.82) is 5.26 Å². The standard InChI is InChI=1S/C25H31F3N6O2/c1-23(2)18(12-36-19-4-3-17(10-31-19)25(26,27)28)11-34(22(23)32-13-29)20-15-5-14-6-16(20)9-24(7-14,8-15)21(30)33-35/h3-4,10,14-16,18,20,35H,5-9,11-12H2,1-2H3,(H2,30,33)/b32-22-. The van der Waals surface area contributed by atoms with Gasteiger partial charge in [-0.25, -0.2) is 4.98 Å². The SMILES string of the molecule is CC1(C)/C(=N/C#N)N(C2C3CC4CC2CC(/C(N)=N/O)(C4)C3)CC1COc1ccc(C(F)(F)F)cn1. The van der Waals surface area contributed by atoms with Gasteiger partial charge in [0.25, 0.3) is 0 Å². The van der Waals surface area contributed by atoms with Crippen molar-refractivity contribution >= 4 is 11.7 Å². The Morgan fingerprint density at radius 3 is 2.53 bits per heavy atom. The number of nitrogens with two attached hydrogens (primary N) is 1. The first-order valence-corrected chi connectivity index (χ1v) is 12.4. The molecule has 1 aliphatic heterocycles. The molecule has 36 heavy (non-hydrogen) atoms. The number of ether oxygens (including phenoxy) is 1. The van der Waals surface area contributed by atoms with Gasteiger partial charge in [-0.3, -0.25) is 0 Å². The molecule has 6 rings (SSSR count). The highest BCUT2D eigenvalue weighted by molar-refractivity contribution is 5.91. The first-order chi connectivity index (χ1) is 17.0. The van der Waals surface area contributed by atoms with Gasteiger partial charge in [0.05, 0.1) is 12.2 Å². The summed E-state index contributed by atoms with van der Waals surface area (Å²) in [7, 11) is 0. The van der Waals surface area contributed by atoms with Crippen molar-refractivity contribution in [1.82, 2.24) is 9.88 Å². The molecule has 2 heterocycles. The van der Waals surface area contributed by atoms with Crippen LogP contribution in [0.5, 0.6) is 5.88 Å². The number of pyridine rings is 1. The van der Waals surface area contributed by atoms with Gasteiger partial charge >= 0.3 is 6.18 Å². The number of hydrogen-bond acceptors (Lipinski definition) is 6. The number of amidine groups is 2. The first kappa shape index (κ1) is 24.7. The lowest BCUT2D eigenvalue weighted by molar-refractivity contribution is -0.137. The number of oxime groups is 1. The van der Waals surface area contributed by atoms with Crippen molar-refractivity contribution in [3.05, 3.63) is 23.9 Å². The molecule has 4 bridgehead atoms. The van der Waals surface area contributed by atoms with Gasteiger partial charge in [-0.1, -0.05) is 19.0 Å². The highest BCUT2D eigenvalue weighted by Crippen LogP contribution is 2.62. The van der Waals surface area contributed by atoms with Crippen molar-refractivity contribution in [2.24, 2.45) is 50.4 Å². The fourth-order valence-electron chi connectivity index (χ4n) is 7.63. The van der Waals surface area contributed by atoms with Gasteiger partial charge in [-0.15, -0.1) is 0 Å². The van der Waals surface area contributed by atoms with Crippen molar-refractivity contribution in [3.63, 3.8) is 0 Å². The van der Waals surface area contributed by atoms with Gasteiger partial charge in [-0.05, 0) is 55.9 Å². The summed E-state index contributed by atoms with van der Waals surface area (Å²) in [6.07, 6.45) is 3.13. The molecular weight excluding hydrogens is 473 g/mol. The van der Waals surface area contributed by atoms with Crippen LogP contribution in [0.15, 0.2) is 28.5 Å². The summed E-state index contributed by atoms with van der Waals surface area (Å²) in [5.74, 6) is 2.42. The maximum Gasteiger partial charge on any atom is 0.417 e. The second kappa shape index (κ2) is 8.53. The van der Waals surface area contributed by atoms with Gasteiger partial charge in [0, 0.05) is 41.6 Å². The van der Waals surface area contributed by atoms with E-state index in [1.807, 2.05) is 20.0 Å². The monoisotopic (exact) mass is 504 g/mol. The van der Waals surface area contributed by atoms with Gasteiger partial charge in [-0.2, -0.15) is 23.4 Å². The Balaban J connectivity index is 1.35. The topological polar surface area (TPSA) is 120 Å². The molecule has 1 aromatic rings. The molecule has 5 fully saturated rings. The van der Waals surface area contributed by atoms with Crippen LogP contribution in [0.25, 0.3) is 0 Å². The maximum absolute atomic E-state index is 12.8. The van der Waals surface area contributed by atoms with E-state index in [0.717, 1.165) is 50.2 Å². The zero-order valence-corrected chi connectivity index (χ0v) is 20.4. The van der Waals surface area contributed by atoms with Crippen LogP contribution in [0.2, 0.25) is 0 Å². The number of likely N-dealkylation sites (tertiary alicyclic amines) is 1. The zero-order valence-electron chi connectivity index (χ0n) is 20.4. The average molecular weight is 505 g/mol. The molecule has 1 aromatic heterocycles. The minimum absolute atomic E-state index is 0.0380. The maximum atomic E-state index is 12.8. The number of aliphatic imine (C=N–C) groups is 1. The van der Waals surface area contributed by atoms with Gasteiger partial charge in [0.2, 0.25) is 12.1 Å². The largest absolute Gasteiger partial charge is 0.477 e. The average Bonchev–Trinajstić information content (AvgIpc) is 3.06. The van der Waals surface area contributed by atoms with E-state index in [1.54, 1.807) is 0 Å². The molecular formula is C25H31F3N6O2. The van der Waals surface area contributed by atoms with Crippen LogP contribution >= 0.6 is 0 Å². The lowest BCUT2D eigenvalue weighted by Gasteiger charge is -2.61. The van der Waals surface area contributed by atoms with Crippen LogP contribution in [-0.2, 0) is 6.18 Å². The van der Waals surface area contributed by atoms with E-state index in [2.05, 4.69) is 20.0 Å². The van der Waals surface area contributed by atoms with Gasteiger partial charge in [0.15, 0.2) is 0 Å². The third kappa shape index (κ3) is 3.95. The molecule has 3 unspecified atom stereocenters. The Labute approximate surface area is 208 Å². The molecule has 0 aromatic carbocycles. The Hall–Kier alpha value is -3.03. The molecule has 194 valence electrons. The number of nitrogens with zero attached hydrogens (tertiary/aromatic N) is 5. The minimum atomic E-state index is -4.45. The second-order valence-electron chi connectivity index (χ2n) is 11.5. The third-order valence-corrected chi connectivity index (χ3v) is 9.17. The van der Waals surface area contributed by atoms with E-state index in [9.17, 15) is 23.6 Å². The minimum Gasteiger partial charge on any atom is -0.477 e. The van der Waals surface area contributed by atoms with E-state index in [-0.39, 0.29) is 29.9 Å². The highest BCUT2D eigenvalue weighted by Gasteiger charge is 2.61. The first-order valence-electron chi connectivity index (χ1n) is 12.4. The molecule has 8 nitrogen and oxygen atoms in total. The highest BCUT2D eigenvalue weighted by atomic mass is 19.4. The Morgan fingerprint density at radius 1 is 1.28 bits per heavy atom. The van der Waals surface area contributed by atoms with E-state index in [4.69, 9.17) is 10.5 Å². The summed E-state index contributed by atoms with van der Waals surface area (Å²) >= 11 is 0. The molecule has 11 heteroatoms. The smallest absolute Gasteiger partial charge is 0.417 e. The fraction of sp³-hybridized carbons (Fsp3) is 0.680. The zero-order chi connectivity index (χ0) is 25.9. The summed E-state index contributed by atoms with van der Waals surface area (Å²) in [5, 5.41) is 22.3. The molecule has 5 aliphatic rings. The summed E-state index contributed by atoms with van der Waals surface area (Å²) in [6.45, 7) is 4.94. The molecule has 4 aliphatic carbocycles. The van der Waals surface area contributed by atoms with Gasteiger partial charge < -0.3 is 20.6 Å². The lowest BCUT2D eigenvalue weighted by atomic mass is 9.47. The van der Waals surface area contributed by atoms with E-state index in [1.165, 1.54) is 6.07 Å². The molecule has 0 spiro atoms. The van der Waals surface area contributed by atoms with Crippen molar-refractivity contribution in [2.75, 3.05) is 13.2 Å². The number of hydrogen-bond donors (Lipinski definition) is 2. The number of nitriles is 1. The molecule has 0 radical (unpaired) electrons. The number of rotatable bonds is 5. The van der Waals surface area contributed by atoms with Crippen molar-refractivity contribution < 1.29 is 23.1 Å². The molecule has 3 atom stereocenters. The van der Waals surface area contributed by atoms with E-state index in [0.29, 0.717) is 30.1 Å². The van der Waals surface area contributed by atoms with Crippen LogP contribution in [-0.4, -0.2) is 46.0 Å². The fourth-order valence-corrected chi connectivity index (χ4v) is 7.63. The predicted octanol–water partition coefficient (Wildman–Crippen LogP) is 4.26. The molecule has 3 N–H and O–H groups in total. The number of halogens is 3. The van der Waals surface area contributed by atoms with Crippen LogP contribution < -0.4 is 10.5 Å². The van der Waals surface area contributed by atoms with Crippen LogP contribution in [0.3, 0.4) is 0 Å². The Kier molecular flexibility index (Phi) is 5.84. The Bertz CT molecular complexity index is 1090. The van der Waals surface area contributed by atoms with E-state index < -0.39 is 17.2 Å². The molecule has 4 saturated carbocycles.